The molecule has 35 heavy (non-hydrogen) atoms. The third-order valence-electron chi connectivity index (χ3n) is 6.56. The number of aromatic nitrogens is 5. The number of para-hydroxylation sites is 1. The normalized spacial score (nSPS) is 15.1. The molecule has 2 aromatic heterocycles. The molecule has 1 fully saturated rings. The highest BCUT2D eigenvalue weighted by Crippen LogP contribution is 2.26. The van der Waals surface area contributed by atoms with Crippen molar-refractivity contribution in [2.45, 2.75) is 20.4 Å². The molecule has 178 valence electrons. The van der Waals surface area contributed by atoms with Crippen LogP contribution in [0.4, 0.5) is 0 Å². The Morgan fingerprint density at radius 2 is 1.57 bits per heavy atom. The van der Waals surface area contributed by atoms with Crippen molar-refractivity contribution < 1.29 is 0 Å². The maximum absolute atomic E-state index is 4.74. The smallest absolute Gasteiger partial charge is 0.189 e. The molecule has 0 spiro atoms. The molecule has 0 bridgehead atoms. The second-order valence-electron chi connectivity index (χ2n) is 9.04. The molecule has 3 heterocycles. The lowest BCUT2D eigenvalue weighted by Crippen LogP contribution is -2.45. The Morgan fingerprint density at radius 1 is 0.829 bits per heavy atom. The van der Waals surface area contributed by atoms with Crippen molar-refractivity contribution in [2.24, 2.45) is 0 Å². The molecule has 0 amide bonds. The molecule has 5 rings (SSSR count). The van der Waals surface area contributed by atoms with E-state index in [2.05, 4.69) is 99.9 Å². The van der Waals surface area contributed by atoms with Crippen molar-refractivity contribution in [2.75, 3.05) is 32.7 Å². The third kappa shape index (κ3) is 5.37. The zero-order valence-electron chi connectivity index (χ0n) is 20.4. The lowest BCUT2D eigenvalue weighted by Gasteiger charge is -2.34. The van der Waals surface area contributed by atoms with Gasteiger partial charge >= 0.3 is 0 Å². The van der Waals surface area contributed by atoms with E-state index in [1.807, 2.05) is 23.0 Å². The Kier molecular flexibility index (Phi) is 7.07. The maximum Gasteiger partial charge on any atom is 0.189 e. The van der Waals surface area contributed by atoms with E-state index < -0.39 is 0 Å². The maximum atomic E-state index is 4.74. The number of hydrogen-bond donors (Lipinski definition) is 0. The Bertz CT molecular complexity index is 1270. The van der Waals surface area contributed by atoms with Crippen LogP contribution in [0.1, 0.15) is 22.4 Å². The molecule has 2 aromatic carbocycles. The molecule has 1 saturated heterocycles. The molecule has 7 nitrogen and oxygen atoms in total. The first-order valence-corrected chi connectivity index (χ1v) is 12.1. The van der Waals surface area contributed by atoms with Crippen molar-refractivity contribution >= 4 is 6.08 Å². The number of tetrazole rings is 1. The second-order valence-corrected chi connectivity index (χ2v) is 9.04. The van der Waals surface area contributed by atoms with Crippen LogP contribution in [0.25, 0.3) is 23.2 Å². The van der Waals surface area contributed by atoms with E-state index >= 15 is 0 Å². The number of pyridine rings is 1. The first kappa shape index (κ1) is 23.1. The van der Waals surface area contributed by atoms with Gasteiger partial charge in [0, 0.05) is 51.0 Å². The van der Waals surface area contributed by atoms with Gasteiger partial charge in [-0.25, -0.2) is 0 Å². The zero-order valence-corrected chi connectivity index (χ0v) is 20.4. The average molecular weight is 466 g/mol. The molecular weight excluding hydrogens is 434 g/mol. The Labute approximate surface area is 206 Å². The molecule has 1 aliphatic heterocycles. The van der Waals surface area contributed by atoms with Crippen LogP contribution in [0.15, 0.2) is 72.9 Å². The first-order valence-electron chi connectivity index (χ1n) is 12.1. The Hall–Kier alpha value is -3.68. The highest BCUT2D eigenvalue weighted by molar-refractivity contribution is 5.61. The van der Waals surface area contributed by atoms with E-state index in [1.54, 1.807) is 0 Å². The van der Waals surface area contributed by atoms with Crippen molar-refractivity contribution in [3.8, 4) is 17.1 Å². The second kappa shape index (κ2) is 10.7. The lowest BCUT2D eigenvalue weighted by molar-refractivity contribution is 0.136. The molecular formula is C28H31N7. The van der Waals surface area contributed by atoms with E-state index in [4.69, 9.17) is 4.98 Å². The zero-order chi connectivity index (χ0) is 24.0. The minimum absolute atomic E-state index is 0.732. The Balaban J connectivity index is 1.26. The van der Waals surface area contributed by atoms with Crippen LogP contribution in [0.2, 0.25) is 0 Å². The van der Waals surface area contributed by atoms with Crippen LogP contribution in [0, 0.1) is 13.8 Å². The van der Waals surface area contributed by atoms with Crippen molar-refractivity contribution in [1.82, 2.24) is 35.0 Å². The summed E-state index contributed by atoms with van der Waals surface area (Å²) in [4.78, 5) is 9.70. The van der Waals surface area contributed by atoms with Gasteiger partial charge in [-0.2, -0.15) is 4.68 Å². The lowest BCUT2D eigenvalue weighted by atomic mass is 10.1. The minimum atomic E-state index is 0.732. The average Bonchev–Trinajstić information content (AvgIpc) is 3.35. The van der Waals surface area contributed by atoms with Crippen LogP contribution >= 0.6 is 0 Å². The molecule has 0 aliphatic carbocycles. The van der Waals surface area contributed by atoms with E-state index in [1.165, 1.54) is 5.56 Å². The summed E-state index contributed by atoms with van der Waals surface area (Å²) in [6.07, 6.45) is 6.32. The van der Waals surface area contributed by atoms with Gasteiger partial charge in [0.25, 0.3) is 0 Å². The van der Waals surface area contributed by atoms with Gasteiger partial charge in [0.05, 0.1) is 11.4 Å². The van der Waals surface area contributed by atoms with Gasteiger partial charge in [0.2, 0.25) is 0 Å². The fourth-order valence-corrected chi connectivity index (χ4v) is 4.66. The number of benzene rings is 2. The van der Waals surface area contributed by atoms with Gasteiger partial charge in [-0.05, 0) is 53.1 Å². The quantitative estimate of drug-likeness (QED) is 0.408. The molecule has 0 saturated carbocycles. The number of aryl methyl sites for hydroxylation is 2. The monoisotopic (exact) mass is 465 g/mol. The molecule has 0 N–H and O–H groups in total. The van der Waals surface area contributed by atoms with Gasteiger partial charge in [0.15, 0.2) is 5.82 Å². The largest absolute Gasteiger partial charge is 0.297 e. The molecule has 0 radical (unpaired) electrons. The summed E-state index contributed by atoms with van der Waals surface area (Å²) < 4.78 is 1.85. The highest BCUT2D eigenvalue weighted by Gasteiger charge is 2.21. The summed E-state index contributed by atoms with van der Waals surface area (Å²) in [5.74, 6) is 0.732. The van der Waals surface area contributed by atoms with E-state index in [9.17, 15) is 0 Å². The first-order chi connectivity index (χ1) is 17.2. The van der Waals surface area contributed by atoms with E-state index in [-0.39, 0.29) is 0 Å². The summed E-state index contributed by atoms with van der Waals surface area (Å²) in [6.45, 7) is 10.0. The number of piperazine rings is 1. The SMILES string of the molecule is Cc1cccc(C)c1-n1nnnc1-c1cccnc1CN1CCN(CC=Cc2ccccc2)CC1. The number of hydrogen-bond acceptors (Lipinski definition) is 6. The summed E-state index contributed by atoms with van der Waals surface area (Å²) >= 11 is 0. The fourth-order valence-electron chi connectivity index (χ4n) is 4.66. The van der Waals surface area contributed by atoms with Gasteiger partial charge < -0.3 is 0 Å². The van der Waals surface area contributed by atoms with Crippen LogP contribution in [-0.4, -0.2) is 67.7 Å². The van der Waals surface area contributed by atoms with Crippen molar-refractivity contribution in [3.63, 3.8) is 0 Å². The van der Waals surface area contributed by atoms with Gasteiger partial charge in [-0.1, -0.05) is 60.7 Å². The van der Waals surface area contributed by atoms with Crippen LogP contribution in [0.3, 0.4) is 0 Å². The molecule has 0 unspecified atom stereocenters. The topological polar surface area (TPSA) is 63.0 Å². The standard InChI is InChI=1S/C28H31N7/c1-22-9-6-10-23(2)27(22)35-28(30-31-32-35)25-14-7-15-29-26(25)21-34-19-17-33(18-20-34)16-8-13-24-11-4-3-5-12-24/h3-15H,16-21H2,1-2H3. The van der Waals surface area contributed by atoms with Crippen molar-refractivity contribution in [3.05, 3.63) is 95.3 Å². The molecule has 1 aliphatic rings. The molecule has 0 atom stereocenters. The predicted molar refractivity (Wildman–Crippen MR) is 139 cm³/mol. The van der Waals surface area contributed by atoms with Crippen LogP contribution in [-0.2, 0) is 6.54 Å². The minimum Gasteiger partial charge on any atom is -0.297 e. The van der Waals surface area contributed by atoms with E-state index in [0.717, 1.165) is 73.2 Å². The third-order valence-corrected chi connectivity index (χ3v) is 6.56. The van der Waals surface area contributed by atoms with Gasteiger partial charge in [-0.15, -0.1) is 5.10 Å². The van der Waals surface area contributed by atoms with Crippen molar-refractivity contribution in [1.29, 1.82) is 0 Å². The number of rotatable bonds is 7. The Morgan fingerprint density at radius 3 is 2.34 bits per heavy atom. The highest BCUT2D eigenvalue weighted by atomic mass is 15.5. The summed E-state index contributed by atoms with van der Waals surface area (Å²) in [5, 5.41) is 12.7. The summed E-state index contributed by atoms with van der Waals surface area (Å²) in [6, 6.07) is 20.7. The molecule has 7 heteroatoms. The van der Waals surface area contributed by atoms with E-state index in [0.29, 0.717) is 0 Å². The van der Waals surface area contributed by atoms with Gasteiger partial charge in [-0.3, -0.25) is 14.8 Å². The van der Waals surface area contributed by atoms with Gasteiger partial charge in [0.1, 0.15) is 0 Å². The predicted octanol–water partition coefficient (Wildman–Crippen LogP) is 4.17. The van der Waals surface area contributed by atoms with Crippen LogP contribution < -0.4 is 0 Å². The fraction of sp³-hybridized carbons (Fsp3) is 0.286. The summed E-state index contributed by atoms with van der Waals surface area (Å²) in [5.41, 5.74) is 6.54. The molecule has 4 aromatic rings. The van der Waals surface area contributed by atoms with Crippen LogP contribution in [0.5, 0.6) is 0 Å². The summed E-state index contributed by atoms with van der Waals surface area (Å²) in [7, 11) is 0. The number of nitrogens with zero attached hydrogens (tertiary/aromatic N) is 7.